The first-order valence-corrected chi connectivity index (χ1v) is 23.6. The molecule has 53 heavy (non-hydrogen) atoms. The highest BCUT2D eigenvalue weighted by Crippen LogP contribution is 2.45. The van der Waals surface area contributed by atoms with Crippen LogP contribution in [0.2, 0.25) is 25.7 Å². The molecule has 5 rings (SSSR count). The number of anilines is 1. The molecular formula is C37H58N6O8SSi. The van der Waals surface area contributed by atoms with Crippen LogP contribution in [-0.4, -0.2) is 128 Å². The molecule has 0 N–H and O–H groups in total. The lowest BCUT2D eigenvalue weighted by molar-refractivity contribution is -0.149. The summed E-state index contributed by atoms with van der Waals surface area (Å²) in [5, 5.41) is 5.48. The van der Waals surface area contributed by atoms with Gasteiger partial charge in [0.1, 0.15) is 18.4 Å². The lowest BCUT2D eigenvalue weighted by Gasteiger charge is -2.45. The molecule has 2 amide bonds. The predicted molar refractivity (Wildman–Crippen MR) is 206 cm³/mol. The van der Waals surface area contributed by atoms with Crippen LogP contribution in [0, 0.1) is 0 Å². The number of likely N-dealkylation sites (tertiary alicyclic amines) is 1. The molecule has 14 nitrogen and oxygen atoms in total. The molecule has 1 aromatic heterocycles. The molecule has 1 saturated carbocycles. The van der Waals surface area contributed by atoms with Gasteiger partial charge in [0.2, 0.25) is 15.9 Å². The summed E-state index contributed by atoms with van der Waals surface area (Å²) in [5.41, 5.74) is -0.00593. The number of ether oxygens (including phenoxy) is 3. The summed E-state index contributed by atoms with van der Waals surface area (Å²) in [6.07, 6.45) is 4.16. The van der Waals surface area contributed by atoms with Gasteiger partial charge in [-0.1, -0.05) is 26.2 Å². The molecule has 2 saturated heterocycles. The van der Waals surface area contributed by atoms with Crippen LogP contribution in [0.3, 0.4) is 0 Å². The second kappa shape index (κ2) is 15.0. The monoisotopic (exact) mass is 774 g/mol. The van der Waals surface area contributed by atoms with Crippen molar-refractivity contribution >= 4 is 52.7 Å². The van der Waals surface area contributed by atoms with Crippen molar-refractivity contribution in [2.75, 3.05) is 45.0 Å². The minimum absolute atomic E-state index is 0.0549. The van der Waals surface area contributed by atoms with Crippen LogP contribution >= 0.6 is 0 Å². The number of fused-ring (bicyclic) bond motifs is 1. The normalized spacial score (nSPS) is 23.4. The Balaban J connectivity index is 1.59. The first kappa shape index (κ1) is 40.7. The van der Waals surface area contributed by atoms with Gasteiger partial charge in [-0.25, -0.2) is 18.0 Å². The van der Waals surface area contributed by atoms with Crippen LogP contribution in [-0.2, 0) is 33.8 Å². The standard InChI is InChI=1S/C37H58N6O8SSi/c1-12-33(44)40-23-27(17-32(40)34(45)49-8)43-31-19-28(52(47,48)41(37(7)13-14-37)24-50-15-16-53(9,10)11)18-30(29(31)20-38-43)39-21-25(2)42(26(3)22-39)35(46)51-36(4,5)6/h12,18-20,25-27,32H,1,13-17,21-24H2,2-11H3/t25-,26-,27+,32-/m0/s1. The van der Waals surface area contributed by atoms with Crippen molar-refractivity contribution in [1.29, 1.82) is 0 Å². The number of esters is 1. The summed E-state index contributed by atoms with van der Waals surface area (Å²) in [5.74, 6) is -0.951. The van der Waals surface area contributed by atoms with Gasteiger partial charge in [-0.3, -0.25) is 14.4 Å². The van der Waals surface area contributed by atoms with Crippen LogP contribution in [0.5, 0.6) is 0 Å². The Morgan fingerprint density at radius 2 is 1.74 bits per heavy atom. The number of sulfonamides is 1. The Bertz CT molecular complexity index is 1820. The fraction of sp³-hybridized carbons (Fsp3) is 0.676. The van der Waals surface area contributed by atoms with Gasteiger partial charge in [0.05, 0.1) is 41.8 Å². The number of carbonyl (C=O) groups excluding carboxylic acids is 3. The number of aromatic nitrogens is 2. The summed E-state index contributed by atoms with van der Waals surface area (Å²) in [4.78, 5) is 44.3. The third-order valence-electron chi connectivity index (χ3n) is 10.5. The Morgan fingerprint density at radius 1 is 1.09 bits per heavy atom. The fourth-order valence-electron chi connectivity index (χ4n) is 7.31. The van der Waals surface area contributed by atoms with Crippen molar-refractivity contribution in [3.63, 3.8) is 0 Å². The van der Waals surface area contributed by atoms with Crippen molar-refractivity contribution in [3.05, 3.63) is 31.0 Å². The highest BCUT2D eigenvalue weighted by Gasteiger charge is 2.50. The topological polar surface area (TPSA) is 144 Å². The average molecular weight is 775 g/mol. The quantitative estimate of drug-likeness (QED) is 0.0926. The molecule has 1 aromatic carbocycles. The maximum Gasteiger partial charge on any atom is 0.410 e. The molecule has 0 radical (unpaired) electrons. The molecule has 3 heterocycles. The average Bonchev–Trinajstić information content (AvgIpc) is 3.43. The molecule has 2 aromatic rings. The number of carbonyl (C=O) groups is 3. The van der Waals surface area contributed by atoms with Gasteiger partial charge in [0, 0.05) is 57.3 Å². The van der Waals surface area contributed by atoms with Gasteiger partial charge in [-0.15, -0.1) is 0 Å². The van der Waals surface area contributed by atoms with E-state index in [1.165, 1.54) is 22.4 Å². The van der Waals surface area contributed by atoms with E-state index in [9.17, 15) is 22.8 Å². The molecule has 3 fully saturated rings. The summed E-state index contributed by atoms with van der Waals surface area (Å²) >= 11 is 0. The number of nitrogens with zero attached hydrogens (tertiary/aromatic N) is 6. The van der Waals surface area contributed by atoms with Crippen LogP contribution in [0.4, 0.5) is 10.5 Å². The fourth-order valence-corrected chi connectivity index (χ4v) is 9.82. The highest BCUT2D eigenvalue weighted by atomic mass is 32.2. The summed E-state index contributed by atoms with van der Waals surface area (Å²) < 4.78 is 49.7. The van der Waals surface area contributed by atoms with Gasteiger partial charge >= 0.3 is 12.1 Å². The maximum absolute atomic E-state index is 14.8. The summed E-state index contributed by atoms with van der Waals surface area (Å²) in [7, 11) is -4.22. The second-order valence-corrected chi connectivity index (χ2v) is 24.8. The number of amides is 2. The van der Waals surface area contributed by atoms with Crippen LogP contribution < -0.4 is 4.90 Å². The number of hydrogen-bond acceptors (Lipinski definition) is 10. The zero-order chi connectivity index (χ0) is 39.3. The third-order valence-corrected chi connectivity index (χ3v) is 14.1. The Kier molecular flexibility index (Phi) is 11.5. The molecule has 0 spiro atoms. The highest BCUT2D eigenvalue weighted by molar-refractivity contribution is 7.89. The summed E-state index contributed by atoms with van der Waals surface area (Å²) in [6, 6.07) is 2.48. The Morgan fingerprint density at radius 3 is 2.28 bits per heavy atom. The van der Waals surface area contributed by atoms with Gasteiger partial charge in [0.25, 0.3) is 0 Å². The molecule has 294 valence electrons. The van der Waals surface area contributed by atoms with Gasteiger partial charge in [-0.2, -0.15) is 9.40 Å². The third kappa shape index (κ3) is 8.76. The molecule has 4 atom stereocenters. The largest absolute Gasteiger partial charge is 0.467 e. The number of rotatable bonds is 12. The first-order valence-electron chi connectivity index (χ1n) is 18.5. The van der Waals surface area contributed by atoms with Crippen molar-refractivity contribution in [2.45, 2.75) is 127 Å². The van der Waals surface area contributed by atoms with E-state index < -0.39 is 59.3 Å². The molecule has 1 aliphatic carbocycles. The number of benzene rings is 1. The summed E-state index contributed by atoms with van der Waals surface area (Å²) in [6.45, 7) is 23.2. The smallest absolute Gasteiger partial charge is 0.410 e. The predicted octanol–water partition coefficient (Wildman–Crippen LogP) is 5.23. The van der Waals surface area contributed by atoms with E-state index in [0.717, 1.165) is 18.9 Å². The maximum atomic E-state index is 14.8. The van der Waals surface area contributed by atoms with Crippen LogP contribution in [0.25, 0.3) is 10.9 Å². The minimum Gasteiger partial charge on any atom is -0.467 e. The van der Waals surface area contributed by atoms with Crippen molar-refractivity contribution in [3.8, 4) is 0 Å². The van der Waals surface area contributed by atoms with E-state index in [1.54, 1.807) is 27.9 Å². The van der Waals surface area contributed by atoms with Gasteiger partial charge < -0.3 is 24.0 Å². The van der Waals surface area contributed by atoms with Gasteiger partial charge in [0.15, 0.2) is 0 Å². The van der Waals surface area contributed by atoms with E-state index in [4.69, 9.17) is 19.3 Å². The Labute approximate surface area is 315 Å². The molecular weight excluding hydrogens is 717 g/mol. The zero-order valence-electron chi connectivity index (χ0n) is 33.0. The van der Waals surface area contributed by atoms with Crippen molar-refractivity contribution < 1.29 is 37.0 Å². The van der Waals surface area contributed by atoms with Crippen LogP contribution in [0.15, 0.2) is 35.9 Å². The number of piperazine rings is 1. The Hall–Kier alpha value is -3.47. The van der Waals surface area contributed by atoms with Gasteiger partial charge in [-0.05, 0) is 78.6 Å². The van der Waals surface area contributed by atoms with Crippen molar-refractivity contribution in [1.82, 2.24) is 23.9 Å². The van der Waals surface area contributed by atoms with E-state index in [1.807, 2.05) is 41.5 Å². The van der Waals surface area contributed by atoms with E-state index in [2.05, 4.69) is 31.1 Å². The SMILES string of the molecule is C=CC(=O)N1C[C@H](n2ncc3c(N4C[C@H](C)N(C(=O)OC(C)(C)C)[C@@H](C)C4)cc(S(=O)(=O)N(COCC[Si](C)(C)C)C4(C)CC4)cc32)C[C@H]1C(=O)OC. The van der Waals surface area contributed by atoms with E-state index in [-0.39, 0.29) is 36.7 Å². The lowest BCUT2D eigenvalue weighted by atomic mass is 10.1. The number of methoxy groups -OCH3 is 1. The molecule has 16 heteroatoms. The lowest BCUT2D eigenvalue weighted by Crippen LogP contribution is -2.59. The number of hydrogen-bond donors (Lipinski definition) is 0. The molecule has 3 aliphatic rings. The first-order chi connectivity index (χ1) is 24.6. The molecule has 0 unspecified atom stereocenters. The minimum atomic E-state index is -4.10. The van der Waals surface area contributed by atoms with Crippen molar-refractivity contribution in [2.24, 2.45) is 0 Å². The molecule has 2 aliphatic heterocycles. The molecule has 0 bridgehead atoms. The van der Waals surface area contributed by atoms with Crippen LogP contribution in [0.1, 0.15) is 66.8 Å². The van der Waals surface area contributed by atoms with E-state index in [0.29, 0.717) is 36.3 Å². The van der Waals surface area contributed by atoms with E-state index >= 15 is 0 Å². The second-order valence-electron chi connectivity index (χ2n) is 17.3. The zero-order valence-corrected chi connectivity index (χ0v) is 34.9.